The quantitative estimate of drug-likeness (QED) is 0.627. The molecular formula is C12H13N5O3. The van der Waals surface area contributed by atoms with Crippen LogP contribution < -0.4 is 5.32 Å². The SMILES string of the molecule is CC(NC(=O)Cc1cccc([N+](=O)[O-])c1)c1ncn[nH]1. The van der Waals surface area contributed by atoms with E-state index in [0.29, 0.717) is 11.4 Å². The van der Waals surface area contributed by atoms with Crippen LogP contribution in [0.4, 0.5) is 5.69 Å². The van der Waals surface area contributed by atoms with Gasteiger partial charge in [-0.15, -0.1) is 0 Å². The Morgan fingerprint density at radius 2 is 2.35 bits per heavy atom. The van der Waals surface area contributed by atoms with Crippen LogP contribution in [-0.4, -0.2) is 26.0 Å². The lowest BCUT2D eigenvalue weighted by molar-refractivity contribution is -0.384. The minimum absolute atomic E-state index is 0.0291. The first-order valence-electron chi connectivity index (χ1n) is 5.94. The van der Waals surface area contributed by atoms with Crippen LogP contribution in [0.15, 0.2) is 30.6 Å². The maximum absolute atomic E-state index is 11.9. The molecule has 1 aromatic heterocycles. The van der Waals surface area contributed by atoms with E-state index >= 15 is 0 Å². The van der Waals surface area contributed by atoms with Gasteiger partial charge in [0.1, 0.15) is 12.2 Å². The molecule has 0 saturated carbocycles. The third kappa shape index (κ3) is 3.37. The fraction of sp³-hybridized carbons (Fsp3) is 0.250. The van der Waals surface area contributed by atoms with Crippen molar-refractivity contribution in [1.82, 2.24) is 20.5 Å². The van der Waals surface area contributed by atoms with Gasteiger partial charge in [0.05, 0.1) is 17.4 Å². The number of nitro benzene ring substituents is 1. The lowest BCUT2D eigenvalue weighted by atomic mass is 10.1. The zero-order chi connectivity index (χ0) is 14.5. The number of rotatable bonds is 5. The lowest BCUT2D eigenvalue weighted by Crippen LogP contribution is -2.28. The number of nitrogens with zero attached hydrogens (tertiary/aromatic N) is 3. The number of benzene rings is 1. The minimum atomic E-state index is -0.488. The fourth-order valence-electron chi connectivity index (χ4n) is 1.75. The smallest absolute Gasteiger partial charge is 0.269 e. The van der Waals surface area contributed by atoms with Gasteiger partial charge in [-0.2, -0.15) is 5.10 Å². The Bertz CT molecular complexity index is 611. The number of carbonyl (C=O) groups is 1. The summed E-state index contributed by atoms with van der Waals surface area (Å²) in [5.41, 5.74) is 0.556. The average Bonchev–Trinajstić information content (AvgIpc) is 2.92. The normalized spacial score (nSPS) is 11.8. The summed E-state index contributed by atoms with van der Waals surface area (Å²) < 4.78 is 0. The van der Waals surface area contributed by atoms with Crippen LogP contribution in [0.25, 0.3) is 0 Å². The predicted octanol–water partition coefficient (Wildman–Crippen LogP) is 1.13. The number of nitro groups is 1. The van der Waals surface area contributed by atoms with Gasteiger partial charge >= 0.3 is 0 Å². The van der Waals surface area contributed by atoms with Crippen LogP contribution in [0.2, 0.25) is 0 Å². The predicted molar refractivity (Wildman–Crippen MR) is 69.7 cm³/mol. The molecule has 0 aliphatic rings. The van der Waals surface area contributed by atoms with Gasteiger partial charge in [-0.25, -0.2) is 4.98 Å². The second-order valence-corrected chi connectivity index (χ2v) is 4.26. The average molecular weight is 275 g/mol. The van der Waals surface area contributed by atoms with E-state index in [1.165, 1.54) is 18.5 Å². The number of hydrogen-bond acceptors (Lipinski definition) is 5. The maximum atomic E-state index is 11.9. The Balaban J connectivity index is 1.98. The van der Waals surface area contributed by atoms with Gasteiger partial charge in [-0.1, -0.05) is 12.1 Å². The van der Waals surface area contributed by atoms with Crippen LogP contribution in [0.3, 0.4) is 0 Å². The van der Waals surface area contributed by atoms with E-state index in [9.17, 15) is 14.9 Å². The van der Waals surface area contributed by atoms with E-state index in [1.807, 2.05) is 0 Å². The van der Waals surface area contributed by atoms with Gasteiger partial charge in [0.2, 0.25) is 5.91 Å². The number of aromatic nitrogens is 3. The second kappa shape index (κ2) is 5.91. The van der Waals surface area contributed by atoms with Gasteiger partial charge in [0.15, 0.2) is 0 Å². The number of non-ortho nitro benzene ring substituents is 1. The van der Waals surface area contributed by atoms with Crippen molar-refractivity contribution in [3.63, 3.8) is 0 Å². The Hall–Kier alpha value is -2.77. The first kappa shape index (κ1) is 13.7. The first-order valence-corrected chi connectivity index (χ1v) is 5.94. The van der Waals surface area contributed by atoms with Crippen LogP contribution in [0, 0.1) is 10.1 Å². The molecule has 1 aromatic carbocycles. The number of aromatic amines is 1. The van der Waals surface area contributed by atoms with E-state index in [0.717, 1.165) is 0 Å². The van der Waals surface area contributed by atoms with Crippen LogP contribution >= 0.6 is 0 Å². The Labute approximate surface area is 114 Å². The molecule has 8 heteroatoms. The molecule has 0 spiro atoms. The van der Waals surface area contributed by atoms with E-state index < -0.39 is 4.92 Å². The lowest BCUT2D eigenvalue weighted by Gasteiger charge is -2.10. The Kier molecular flexibility index (Phi) is 4.04. The highest BCUT2D eigenvalue weighted by molar-refractivity contribution is 5.79. The largest absolute Gasteiger partial charge is 0.346 e. The summed E-state index contributed by atoms with van der Waals surface area (Å²) in [4.78, 5) is 26.0. The molecule has 1 unspecified atom stereocenters. The van der Waals surface area contributed by atoms with E-state index in [2.05, 4.69) is 20.5 Å². The molecular weight excluding hydrogens is 262 g/mol. The molecule has 2 rings (SSSR count). The van der Waals surface area contributed by atoms with Crippen LogP contribution in [0.5, 0.6) is 0 Å². The fourth-order valence-corrected chi connectivity index (χ4v) is 1.75. The van der Waals surface area contributed by atoms with E-state index in [4.69, 9.17) is 0 Å². The molecule has 0 bridgehead atoms. The number of hydrogen-bond donors (Lipinski definition) is 2. The van der Waals surface area contributed by atoms with Crippen LogP contribution in [-0.2, 0) is 11.2 Å². The molecule has 8 nitrogen and oxygen atoms in total. The summed E-state index contributed by atoms with van der Waals surface area (Å²) in [5, 5.41) is 19.8. The van der Waals surface area contributed by atoms with E-state index in [-0.39, 0.29) is 24.1 Å². The monoisotopic (exact) mass is 275 g/mol. The zero-order valence-electron chi connectivity index (χ0n) is 10.7. The van der Waals surface area contributed by atoms with Crippen LogP contribution in [0.1, 0.15) is 24.4 Å². The van der Waals surface area contributed by atoms with Crippen molar-refractivity contribution in [3.05, 3.63) is 52.1 Å². The highest BCUT2D eigenvalue weighted by atomic mass is 16.6. The number of nitrogens with one attached hydrogen (secondary N) is 2. The van der Waals surface area contributed by atoms with Crippen molar-refractivity contribution in [2.45, 2.75) is 19.4 Å². The van der Waals surface area contributed by atoms with Crippen molar-refractivity contribution < 1.29 is 9.72 Å². The Morgan fingerprint density at radius 3 is 3.00 bits per heavy atom. The molecule has 1 heterocycles. The van der Waals surface area contributed by atoms with Crippen molar-refractivity contribution in [2.24, 2.45) is 0 Å². The van der Waals surface area contributed by atoms with Gasteiger partial charge < -0.3 is 5.32 Å². The number of amides is 1. The highest BCUT2D eigenvalue weighted by Crippen LogP contribution is 2.14. The molecule has 0 aliphatic heterocycles. The van der Waals surface area contributed by atoms with Gasteiger partial charge in [0.25, 0.3) is 5.69 Å². The van der Waals surface area contributed by atoms with Crippen molar-refractivity contribution in [3.8, 4) is 0 Å². The molecule has 2 N–H and O–H groups in total. The summed E-state index contributed by atoms with van der Waals surface area (Å²) in [6.45, 7) is 1.77. The second-order valence-electron chi connectivity index (χ2n) is 4.26. The highest BCUT2D eigenvalue weighted by Gasteiger charge is 2.13. The van der Waals surface area contributed by atoms with Crippen molar-refractivity contribution in [2.75, 3.05) is 0 Å². The number of H-pyrrole nitrogens is 1. The topological polar surface area (TPSA) is 114 Å². The van der Waals surface area contributed by atoms with Crippen molar-refractivity contribution in [1.29, 1.82) is 0 Å². The molecule has 0 fully saturated rings. The third-order valence-corrected chi connectivity index (χ3v) is 2.71. The first-order chi connectivity index (χ1) is 9.56. The molecule has 104 valence electrons. The maximum Gasteiger partial charge on any atom is 0.269 e. The van der Waals surface area contributed by atoms with Crippen molar-refractivity contribution >= 4 is 11.6 Å². The standard InChI is InChI=1S/C12H13N5O3/c1-8(12-13-7-14-16-12)15-11(18)6-9-3-2-4-10(5-9)17(19)20/h2-5,7-8H,6H2,1H3,(H,15,18)(H,13,14,16). The summed E-state index contributed by atoms with van der Waals surface area (Å²) in [5.74, 6) is 0.312. The molecule has 0 saturated heterocycles. The summed E-state index contributed by atoms with van der Waals surface area (Å²) in [6, 6.07) is 5.70. The molecule has 2 aromatic rings. The Morgan fingerprint density at radius 1 is 1.55 bits per heavy atom. The summed E-state index contributed by atoms with van der Waals surface area (Å²) in [7, 11) is 0. The zero-order valence-corrected chi connectivity index (χ0v) is 10.7. The number of carbonyl (C=O) groups excluding carboxylic acids is 1. The third-order valence-electron chi connectivity index (χ3n) is 2.71. The van der Waals surface area contributed by atoms with Gasteiger partial charge in [-0.3, -0.25) is 20.0 Å². The molecule has 0 aliphatic carbocycles. The molecule has 1 atom stereocenters. The van der Waals surface area contributed by atoms with Gasteiger partial charge in [-0.05, 0) is 12.5 Å². The summed E-state index contributed by atoms with van der Waals surface area (Å²) >= 11 is 0. The van der Waals surface area contributed by atoms with Gasteiger partial charge in [0, 0.05) is 12.1 Å². The minimum Gasteiger partial charge on any atom is -0.346 e. The summed E-state index contributed by atoms with van der Waals surface area (Å²) in [6.07, 6.45) is 1.43. The molecule has 20 heavy (non-hydrogen) atoms. The molecule has 1 amide bonds. The molecule has 0 radical (unpaired) electrons. The van der Waals surface area contributed by atoms with E-state index in [1.54, 1.807) is 19.1 Å².